The van der Waals surface area contributed by atoms with E-state index in [4.69, 9.17) is 20.8 Å². The van der Waals surface area contributed by atoms with Gasteiger partial charge in [-0.25, -0.2) is 0 Å². The number of fused-ring (bicyclic) bond motifs is 2. The summed E-state index contributed by atoms with van der Waals surface area (Å²) in [6.07, 6.45) is -0.171. The summed E-state index contributed by atoms with van der Waals surface area (Å²) in [6, 6.07) is 15.6. The van der Waals surface area contributed by atoms with E-state index in [0.29, 0.717) is 17.3 Å². The van der Waals surface area contributed by atoms with Crippen LogP contribution in [0.15, 0.2) is 52.9 Å². The van der Waals surface area contributed by atoms with Crippen LogP contribution in [0.3, 0.4) is 0 Å². The standard InChI is InChI=1S/C16H12ClNO2/c17-11-5-3-6-12-16(11)20-15(9-18-12)14-8-10-4-1-2-7-13(10)19-14/h1-8,15,18H,9H2. The Morgan fingerprint density at radius 2 is 2.00 bits per heavy atom. The summed E-state index contributed by atoms with van der Waals surface area (Å²) in [5, 5.41) is 5.01. The van der Waals surface area contributed by atoms with E-state index in [1.165, 1.54) is 0 Å². The maximum Gasteiger partial charge on any atom is 0.173 e. The van der Waals surface area contributed by atoms with Gasteiger partial charge in [-0.1, -0.05) is 35.9 Å². The molecule has 4 rings (SSSR count). The SMILES string of the molecule is Clc1cccc2c1OC(c1cc3ccccc3o1)CN2. The van der Waals surface area contributed by atoms with Crippen molar-refractivity contribution in [2.24, 2.45) is 0 Å². The van der Waals surface area contributed by atoms with Crippen LogP contribution in [0.2, 0.25) is 5.02 Å². The van der Waals surface area contributed by atoms with Crippen LogP contribution in [-0.4, -0.2) is 6.54 Å². The number of hydrogen-bond donors (Lipinski definition) is 1. The maximum absolute atomic E-state index is 6.18. The third kappa shape index (κ3) is 1.82. The second kappa shape index (κ2) is 4.46. The zero-order valence-electron chi connectivity index (χ0n) is 10.6. The number of benzene rings is 2. The van der Waals surface area contributed by atoms with Crippen molar-refractivity contribution < 1.29 is 9.15 Å². The fourth-order valence-corrected chi connectivity index (χ4v) is 2.69. The van der Waals surface area contributed by atoms with E-state index in [2.05, 4.69) is 5.32 Å². The first-order chi connectivity index (χ1) is 9.81. The Hall–Kier alpha value is -2.13. The maximum atomic E-state index is 6.18. The molecule has 2 heterocycles. The van der Waals surface area contributed by atoms with Crippen molar-refractivity contribution in [1.29, 1.82) is 0 Å². The van der Waals surface area contributed by atoms with Crippen molar-refractivity contribution in [3.8, 4) is 5.75 Å². The van der Waals surface area contributed by atoms with Crippen LogP contribution in [0.1, 0.15) is 11.9 Å². The van der Waals surface area contributed by atoms with Crippen molar-refractivity contribution in [3.63, 3.8) is 0 Å². The Balaban J connectivity index is 1.72. The molecule has 0 fully saturated rings. The average Bonchev–Trinajstić information content (AvgIpc) is 2.91. The highest BCUT2D eigenvalue weighted by Gasteiger charge is 2.25. The van der Waals surface area contributed by atoms with E-state index in [9.17, 15) is 0 Å². The van der Waals surface area contributed by atoms with Crippen molar-refractivity contribution in [1.82, 2.24) is 0 Å². The molecular weight excluding hydrogens is 274 g/mol. The smallest absolute Gasteiger partial charge is 0.173 e. The van der Waals surface area contributed by atoms with Crippen molar-refractivity contribution in [2.45, 2.75) is 6.10 Å². The number of ether oxygens (including phenoxy) is 1. The second-order valence-electron chi connectivity index (χ2n) is 4.79. The Morgan fingerprint density at radius 3 is 2.90 bits per heavy atom. The minimum atomic E-state index is -0.171. The monoisotopic (exact) mass is 285 g/mol. The summed E-state index contributed by atoms with van der Waals surface area (Å²) in [7, 11) is 0. The van der Waals surface area contributed by atoms with Gasteiger partial charge in [-0.2, -0.15) is 0 Å². The Morgan fingerprint density at radius 1 is 1.10 bits per heavy atom. The number of anilines is 1. The third-order valence-corrected chi connectivity index (χ3v) is 3.76. The van der Waals surface area contributed by atoms with E-state index in [0.717, 1.165) is 22.4 Å². The number of para-hydroxylation sites is 2. The van der Waals surface area contributed by atoms with Crippen LogP contribution in [0.4, 0.5) is 5.69 Å². The van der Waals surface area contributed by atoms with Gasteiger partial charge in [-0.05, 0) is 24.3 Å². The highest BCUT2D eigenvalue weighted by atomic mass is 35.5. The summed E-state index contributed by atoms with van der Waals surface area (Å²) >= 11 is 6.18. The first-order valence-corrected chi connectivity index (χ1v) is 6.86. The van der Waals surface area contributed by atoms with Gasteiger partial charge in [0.2, 0.25) is 0 Å². The molecule has 0 bridgehead atoms. The lowest BCUT2D eigenvalue weighted by atomic mass is 10.2. The van der Waals surface area contributed by atoms with Crippen LogP contribution in [0.25, 0.3) is 11.0 Å². The zero-order valence-corrected chi connectivity index (χ0v) is 11.4. The molecule has 0 saturated carbocycles. The van der Waals surface area contributed by atoms with Crippen molar-refractivity contribution in [3.05, 3.63) is 59.3 Å². The lowest BCUT2D eigenvalue weighted by molar-refractivity contribution is 0.184. The van der Waals surface area contributed by atoms with Gasteiger partial charge in [0, 0.05) is 5.39 Å². The van der Waals surface area contributed by atoms with E-state index in [1.807, 2.05) is 48.5 Å². The second-order valence-corrected chi connectivity index (χ2v) is 5.20. The molecule has 1 atom stereocenters. The van der Waals surface area contributed by atoms with Crippen LogP contribution in [0.5, 0.6) is 5.75 Å². The Kier molecular flexibility index (Phi) is 2.60. The Labute approximate surface area is 121 Å². The van der Waals surface area contributed by atoms with Gasteiger partial charge >= 0.3 is 0 Å². The van der Waals surface area contributed by atoms with Gasteiger partial charge in [0.05, 0.1) is 17.3 Å². The van der Waals surface area contributed by atoms with Crippen molar-refractivity contribution >= 4 is 28.3 Å². The third-order valence-electron chi connectivity index (χ3n) is 3.47. The van der Waals surface area contributed by atoms with Crippen LogP contribution in [0, 0.1) is 0 Å². The number of rotatable bonds is 1. The van der Waals surface area contributed by atoms with Gasteiger partial charge < -0.3 is 14.5 Å². The van der Waals surface area contributed by atoms with E-state index in [1.54, 1.807) is 0 Å². The molecule has 0 spiro atoms. The summed E-state index contributed by atoms with van der Waals surface area (Å²) < 4.78 is 11.8. The number of furan rings is 1. The summed E-state index contributed by atoms with van der Waals surface area (Å²) in [4.78, 5) is 0. The molecule has 1 aliphatic heterocycles. The van der Waals surface area contributed by atoms with Gasteiger partial charge in [-0.3, -0.25) is 0 Å². The molecule has 0 saturated heterocycles. The molecule has 1 aliphatic rings. The van der Waals surface area contributed by atoms with E-state index < -0.39 is 0 Å². The normalized spacial score (nSPS) is 17.4. The number of nitrogens with one attached hydrogen (secondary N) is 1. The molecule has 4 heteroatoms. The van der Waals surface area contributed by atoms with Crippen LogP contribution in [-0.2, 0) is 0 Å². The topological polar surface area (TPSA) is 34.4 Å². The fraction of sp³-hybridized carbons (Fsp3) is 0.125. The predicted molar refractivity (Wildman–Crippen MR) is 79.5 cm³/mol. The number of halogens is 1. The average molecular weight is 286 g/mol. The summed E-state index contributed by atoms with van der Waals surface area (Å²) in [5.74, 6) is 1.50. The van der Waals surface area contributed by atoms with Crippen molar-refractivity contribution in [2.75, 3.05) is 11.9 Å². The molecule has 0 aliphatic carbocycles. The molecule has 3 aromatic rings. The summed E-state index contributed by atoms with van der Waals surface area (Å²) in [5.41, 5.74) is 1.79. The molecular formula is C16H12ClNO2. The largest absolute Gasteiger partial charge is 0.477 e. The predicted octanol–water partition coefficient (Wildman–Crippen LogP) is 4.63. The van der Waals surface area contributed by atoms with Gasteiger partial charge in [0.15, 0.2) is 11.9 Å². The molecule has 1 aromatic heterocycles. The lowest BCUT2D eigenvalue weighted by Crippen LogP contribution is -2.23. The molecule has 2 aromatic carbocycles. The quantitative estimate of drug-likeness (QED) is 0.708. The fourth-order valence-electron chi connectivity index (χ4n) is 2.47. The highest BCUT2D eigenvalue weighted by Crippen LogP contribution is 2.40. The summed E-state index contributed by atoms with van der Waals surface area (Å²) in [6.45, 7) is 0.660. The first kappa shape index (κ1) is 11.7. The van der Waals surface area contributed by atoms with E-state index in [-0.39, 0.29) is 6.10 Å². The van der Waals surface area contributed by atoms with E-state index >= 15 is 0 Å². The van der Waals surface area contributed by atoms with Gasteiger partial charge in [0.1, 0.15) is 11.3 Å². The zero-order chi connectivity index (χ0) is 13.5. The highest BCUT2D eigenvalue weighted by molar-refractivity contribution is 6.32. The molecule has 100 valence electrons. The molecule has 0 amide bonds. The first-order valence-electron chi connectivity index (χ1n) is 6.49. The molecule has 1 unspecified atom stereocenters. The molecule has 1 N–H and O–H groups in total. The minimum Gasteiger partial charge on any atom is -0.477 e. The van der Waals surface area contributed by atoms with Gasteiger partial charge in [0.25, 0.3) is 0 Å². The minimum absolute atomic E-state index is 0.171. The van der Waals surface area contributed by atoms with Gasteiger partial charge in [-0.15, -0.1) is 0 Å². The lowest BCUT2D eigenvalue weighted by Gasteiger charge is -2.26. The number of hydrogen-bond acceptors (Lipinski definition) is 3. The van der Waals surface area contributed by atoms with Crippen LogP contribution < -0.4 is 10.1 Å². The Bertz CT molecular complexity index is 748. The van der Waals surface area contributed by atoms with Crippen LogP contribution >= 0.6 is 11.6 Å². The molecule has 3 nitrogen and oxygen atoms in total. The molecule has 20 heavy (non-hydrogen) atoms. The molecule has 0 radical (unpaired) electrons.